The van der Waals surface area contributed by atoms with Gasteiger partial charge in [0.05, 0.1) is 16.4 Å². The minimum Gasteiger partial charge on any atom is -0.356 e. The van der Waals surface area contributed by atoms with Gasteiger partial charge >= 0.3 is 5.69 Å². The van der Waals surface area contributed by atoms with E-state index in [2.05, 4.69) is 33.2 Å². The Morgan fingerprint density at radius 1 is 0.923 bits per heavy atom. The Labute approximate surface area is 225 Å². The van der Waals surface area contributed by atoms with E-state index in [-0.39, 0.29) is 24.2 Å². The Kier molecular flexibility index (Phi) is 5.91. The zero-order valence-corrected chi connectivity index (χ0v) is 21.8. The van der Waals surface area contributed by atoms with Gasteiger partial charge in [-0.05, 0) is 43.4 Å². The van der Waals surface area contributed by atoms with Crippen LogP contribution in [0.3, 0.4) is 0 Å². The molecule has 198 valence electrons. The summed E-state index contributed by atoms with van der Waals surface area (Å²) in [5.74, 6) is 1.02. The van der Waals surface area contributed by atoms with Crippen LogP contribution in [0.15, 0.2) is 71.9 Å². The maximum Gasteiger partial charge on any atom is 0.326 e. The molecule has 0 unspecified atom stereocenters. The molecular formula is C30H31N7O2. The molecule has 3 aromatic heterocycles. The second kappa shape index (κ2) is 9.72. The number of likely N-dealkylation sites (tertiary alicyclic amines) is 1. The van der Waals surface area contributed by atoms with Crippen LogP contribution in [0.4, 0.5) is 5.82 Å². The number of aromatic nitrogens is 5. The highest BCUT2D eigenvalue weighted by atomic mass is 16.2. The van der Waals surface area contributed by atoms with Crippen molar-refractivity contribution in [3.05, 3.63) is 77.6 Å². The number of aromatic amines is 1. The van der Waals surface area contributed by atoms with Gasteiger partial charge in [0.2, 0.25) is 5.91 Å². The molecule has 0 atom stereocenters. The van der Waals surface area contributed by atoms with Crippen LogP contribution in [-0.2, 0) is 11.3 Å². The fourth-order valence-corrected chi connectivity index (χ4v) is 6.29. The van der Waals surface area contributed by atoms with Crippen LogP contribution < -0.4 is 10.6 Å². The highest BCUT2D eigenvalue weighted by Crippen LogP contribution is 2.36. The third kappa shape index (κ3) is 4.18. The third-order valence-corrected chi connectivity index (χ3v) is 8.24. The first-order valence-electron chi connectivity index (χ1n) is 13.8. The molecule has 0 radical (unpaired) electrons. The number of hydrogen-bond acceptors (Lipinski definition) is 5. The molecular weight excluding hydrogens is 490 g/mol. The Morgan fingerprint density at radius 2 is 1.67 bits per heavy atom. The van der Waals surface area contributed by atoms with Gasteiger partial charge in [-0.25, -0.2) is 14.8 Å². The first kappa shape index (κ1) is 23.7. The minimum absolute atomic E-state index is 0.0672. The van der Waals surface area contributed by atoms with Crippen molar-refractivity contribution in [3.63, 3.8) is 0 Å². The van der Waals surface area contributed by atoms with Crippen molar-refractivity contribution in [2.75, 3.05) is 31.1 Å². The fraction of sp³-hybridized carbons (Fsp3) is 0.333. The number of carbonyl (C=O) groups excluding carboxylic acids is 1. The molecule has 0 aliphatic carbocycles. The summed E-state index contributed by atoms with van der Waals surface area (Å²) in [7, 11) is 0. The number of carbonyl (C=O) groups is 1. The number of nitrogens with zero attached hydrogens (tertiary/aromatic N) is 6. The van der Waals surface area contributed by atoms with E-state index in [9.17, 15) is 9.59 Å². The predicted molar refractivity (Wildman–Crippen MR) is 152 cm³/mol. The summed E-state index contributed by atoms with van der Waals surface area (Å²) in [5, 5.41) is 1.01. The van der Waals surface area contributed by atoms with Gasteiger partial charge in [-0.1, -0.05) is 42.5 Å². The third-order valence-electron chi connectivity index (χ3n) is 8.24. The summed E-state index contributed by atoms with van der Waals surface area (Å²) in [6.07, 6.45) is 7.49. The van der Waals surface area contributed by atoms with Crippen molar-refractivity contribution in [2.45, 2.75) is 38.3 Å². The number of rotatable bonds is 5. The zero-order valence-electron chi connectivity index (χ0n) is 21.8. The molecule has 0 saturated carbocycles. The maximum atomic E-state index is 13.5. The Morgan fingerprint density at radius 3 is 2.46 bits per heavy atom. The van der Waals surface area contributed by atoms with E-state index in [4.69, 9.17) is 4.98 Å². The molecule has 7 rings (SSSR count). The Balaban J connectivity index is 1.15. The Bertz CT molecular complexity index is 1700. The number of amides is 1. The number of piperidine rings is 1. The lowest BCUT2D eigenvalue weighted by atomic mass is 10.0. The number of hydrogen-bond donors (Lipinski definition) is 1. The van der Waals surface area contributed by atoms with E-state index in [1.165, 1.54) is 0 Å². The Hall–Kier alpha value is -4.40. The monoisotopic (exact) mass is 521 g/mol. The highest BCUT2D eigenvalue weighted by Gasteiger charge is 2.28. The van der Waals surface area contributed by atoms with Gasteiger partial charge in [-0.3, -0.25) is 9.36 Å². The van der Waals surface area contributed by atoms with Crippen LogP contribution >= 0.6 is 0 Å². The fourth-order valence-electron chi connectivity index (χ4n) is 6.29. The van der Waals surface area contributed by atoms with Crippen molar-refractivity contribution in [3.8, 4) is 11.1 Å². The summed E-state index contributed by atoms with van der Waals surface area (Å²) < 4.78 is 3.84. The second-order valence-corrected chi connectivity index (χ2v) is 10.6. The first-order chi connectivity index (χ1) is 19.2. The van der Waals surface area contributed by atoms with Crippen molar-refractivity contribution in [1.82, 2.24) is 29.0 Å². The van der Waals surface area contributed by atoms with Crippen LogP contribution in [0.25, 0.3) is 33.2 Å². The normalized spacial score (nSPS) is 16.5. The van der Waals surface area contributed by atoms with E-state index < -0.39 is 0 Å². The lowest BCUT2D eigenvalue weighted by molar-refractivity contribution is -0.133. The number of fused-ring (bicyclic) bond motifs is 2. The number of nitrogens with one attached hydrogen (secondary N) is 1. The summed E-state index contributed by atoms with van der Waals surface area (Å²) in [5.41, 5.74) is 4.63. The van der Waals surface area contributed by atoms with E-state index in [1.807, 2.05) is 56.5 Å². The molecule has 5 heterocycles. The topological polar surface area (TPSA) is 92.1 Å². The van der Waals surface area contributed by atoms with Gasteiger partial charge in [0.25, 0.3) is 0 Å². The van der Waals surface area contributed by atoms with Gasteiger partial charge in [-0.15, -0.1) is 0 Å². The van der Waals surface area contributed by atoms with Crippen molar-refractivity contribution in [1.29, 1.82) is 0 Å². The molecule has 5 aromatic rings. The molecule has 9 nitrogen and oxygen atoms in total. The van der Waals surface area contributed by atoms with Gasteiger partial charge < -0.3 is 19.4 Å². The van der Waals surface area contributed by atoms with Crippen LogP contribution in [0.2, 0.25) is 0 Å². The number of H-pyrrole nitrogens is 1. The van der Waals surface area contributed by atoms with Crippen LogP contribution in [0.5, 0.6) is 0 Å². The molecule has 39 heavy (non-hydrogen) atoms. The molecule has 1 amide bonds. The summed E-state index contributed by atoms with van der Waals surface area (Å²) in [6, 6.07) is 18.1. The molecule has 2 aliphatic rings. The standard InChI is InChI=1S/C30H31N7O2/c38-26(34-16-12-22(13-17-34)37-25-11-5-4-10-24(25)33-30(37)39)19-36-18-23(21-8-2-1-3-9-21)27-28(31-20-32-29(27)36)35-14-6-7-15-35/h1-5,8-11,18,20,22H,6-7,12-17,19H2,(H,33,39). The van der Waals surface area contributed by atoms with E-state index in [0.29, 0.717) is 13.1 Å². The lowest BCUT2D eigenvalue weighted by Crippen LogP contribution is -2.41. The molecule has 0 spiro atoms. The predicted octanol–water partition coefficient (Wildman–Crippen LogP) is 4.21. The molecule has 0 bridgehead atoms. The molecule has 9 heteroatoms. The molecule has 1 N–H and O–H groups in total. The highest BCUT2D eigenvalue weighted by molar-refractivity contribution is 6.02. The number of imidazole rings is 1. The minimum atomic E-state index is -0.0817. The SMILES string of the molecule is O=C(Cn1cc(-c2ccccc2)c2c(N3CCCC3)ncnc21)N1CCC(n2c(=O)[nH]c3ccccc32)CC1. The lowest BCUT2D eigenvalue weighted by Gasteiger charge is -2.32. The summed E-state index contributed by atoms with van der Waals surface area (Å²) >= 11 is 0. The van der Waals surface area contributed by atoms with Crippen LogP contribution in [-0.4, -0.2) is 61.1 Å². The average molecular weight is 522 g/mol. The van der Waals surface area contributed by atoms with Gasteiger partial charge in [0, 0.05) is 44.0 Å². The number of benzene rings is 2. The van der Waals surface area contributed by atoms with E-state index >= 15 is 0 Å². The van der Waals surface area contributed by atoms with Gasteiger partial charge in [0.1, 0.15) is 24.3 Å². The van der Waals surface area contributed by atoms with Gasteiger partial charge in [0.15, 0.2) is 0 Å². The largest absolute Gasteiger partial charge is 0.356 e. The van der Waals surface area contributed by atoms with E-state index in [0.717, 1.165) is 77.8 Å². The quantitative estimate of drug-likeness (QED) is 0.374. The second-order valence-electron chi connectivity index (χ2n) is 10.6. The molecule has 2 aromatic carbocycles. The van der Waals surface area contributed by atoms with Crippen molar-refractivity contribution in [2.24, 2.45) is 0 Å². The van der Waals surface area contributed by atoms with Crippen LogP contribution in [0.1, 0.15) is 31.7 Å². The van der Waals surface area contributed by atoms with Crippen LogP contribution in [0, 0.1) is 0 Å². The zero-order chi connectivity index (χ0) is 26.3. The molecule has 2 aliphatic heterocycles. The van der Waals surface area contributed by atoms with E-state index in [1.54, 1.807) is 6.33 Å². The number of para-hydroxylation sites is 2. The summed E-state index contributed by atoms with van der Waals surface area (Å²) in [4.78, 5) is 42.8. The van der Waals surface area contributed by atoms with Crippen molar-refractivity contribution < 1.29 is 4.79 Å². The molecule has 2 saturated heterocycles. The van der Waals surface area contributed by atoms with Gasteiger partial charge in [-0.2, -0.15) is 0 Å². The maximum absolute atomic E-state index is 13.5. The average Bonchev–Trinajstić information content (AvgIpc) is 3.71. The molecule has 2 fully saturated rings. The first-order valence-corrected chi connectivity index (χ1v) is 13.8. The smallest absolute Gasteiger partial charge is 0.326 e. The van der Waals surface area contributed by atoms with Crippen molar-refractivity contribution >= 4 is 33.8 Å². The summed E-state index contributed by atoms with van der Waals surface area (Å²) in [6.45, 7) is 3.43. The number of anilines is 1.